The Balaban J connectivity index is 1.44. The van der Waals surface area contributed by atoms with Crippen LogP contribution < -0.4 is 19.8 Å². The van der Waals surface area contributed by atoms with Gasteiger partial charge in [0.2, 0.25) is 24.1 Å². The van der Waals surface area contributed by atoms with Gasteiger partial charge in [0.05, 0.1) is 6.54 Å². The number of ether oxygens (including phenoxy) is 2. The highest BCUT2D eigenvalue weighted by atomic mass is 79.9. The van der Waals surface area contributed by atoms with E-state index in [0.29, 0.717) is 40.2 Å². The van der Waals surface area contributed by atoms with Crippen LogP contribution in [0.2, 0.25) is 0 Å². The summed E-state index contributed by atoms with van der Waals surface area (Å²) in [5, 5.41) is 0.597. The van der Waals surface area contributed by atoms with Gasteiger partial charge in [-0.3, -0.25) is 0 Å². The van der Waals surface area contributed by atoms with Gasteiger partial charge < -0.3 is 20.2 Å². The molecule has 0 atom stereocenters. The summed E-state index contributed by atoms with van der Waals surface area (Å²) in [4.78, 5) is 12.9. The SMILES string of the molecule is Nc1nc[n+](CCc2cccc(F)c2F)c2nc(Sc3cc4c(cc3Br)OCO4)[nH]c12. The molecule has 0 saturated heterocycles. The van der Waals surface area contributed by atoms with E-state index in [2.05, 4.69) is 30.9 Å². The van der Waals surface area contributed by atoms with Crippen LogP contribution in [0.1, 0.15) is 5.56 Å². The van der Waals surface area contributed by atoms with Gasteiger partial charge in [-0.15, -0.1) is 0 Å². The van der Waals surface area contributed by atoms with E-state index >= 15 is 0 Å². The maximum Gasteiger partial charge on any atom is 0.294 e. The molecule has 3 N–H and O–H groups in total. The number of halogens is 3. The van der Waals surface area contributed by atoms with Crippen LogP contribution in [0.4, 0.5) is 14.6 Å². The highest BCUT2D eigenvalue weighted by molar-refractivity contribution is 9.10. The zero-order valence-corrected chi connectivity index (χ0v) is 18.3. The predicted octanol–water partition coefficient (Wildman–Crippen LogP) is 3.99. The molecule has 158 valence electrons. The zero-order chi connectivity index (χ0) is 21.5. The third-order valence-electron chi connectivity index (χ3n) is 4.81. The number of benzene rings is 2. The first kappa shape index (κ1) is 20.0. The van der Waals surface area contributed by atoms with Crippen LogP contribution in [0, 0.1) is 11.6 Å². The number of imidazole rings is 1. The molecule has 1 aliphatic heterocycles. The van der Waals surface area contributed by atoms with E-state index in [4.69, 9.17) is 15.2 Å². The van der Waals surface area contributed by atoms with E-state index in [1.807, 2.05) is 12.1 Å². The number of aryl methyl sites for hydroxylation is 2. The lowest BCUT2D eigenvalue weighted by atomic mass is 10.1. The second-order valence-electron chi connectivity index (χ2n) is 6.76. The lowest BCUT2D eigenvalue weighted by Gasteiger charge is -2.04. The topological polar surface area (TPSA) is 89.9 Å². The molecule has 0 radical (unpaired) electrons. The van der Waals surface area contributed by atoms with Crippen molar-refractivity contribution in [2.45, 2.75) is 23.0 Å². The Kier molecular flexibility index (Phi) is 5.14. The minimum absolute atomic E-state index is 0.189. The van der Waals surface area contributed by atoms with E-state index < -0.39 is 11.6 Å². The molecule has 2 aromatic heterocycles. The molecule has 11 heteroatoms. The molecule has 0 saturated carbocycles. The first-order valence-electron chi connectivity index (χ1n) is 9.23. The lowest BCUT2D eigenvalue weighted by molar-refractivity contribution is -0.675. The fourth-order valence-corrected chi connectivity index (χ4v) is 4.64. The molecule has 0 bridgehead atoms. The summed E-state index contributed by atoms with van der Waals surface area (Å²) in [5.41, 5.74) is 7.45. The second-order valence-corrected chi connectivity index (χ2v) is 8.65. The molecule has 4 aromatic rings. The second kappa shape index (κ2) is 7.97. The Hall–Kier alpha value is -2.92. The van der Waals surface area contributed by atoms with E-state index in [1.54, 1.807) is 17.0 Å². The monoisotopic (exact) mass is 506 g/mol. The molecule has 0 spiro atoms. The van der Waals surface area contributed by atoms with Gasteiger partial charge in [0.15, 0.2) is 28.7 Å². The standard InChI is InChI=1S/C20H14BrF2N5O2S/c21-11-6-13-14(30-9-29-13)7-15(11)31-20-26-17-18(24)25-8-28(19(17)27-20)5-4-10-2-1-3-12(22)16(10)23/h1-3,6-8H,4-5,9H2,(H2,24,26,27)/p+1. The third kappa shape index (κ3) is 3.79. The summed E-state index contributed by atoms with van der Waals surface area (Å²) in [6.45, 7) is 0.543. The van der Waals surface area contributed by atoms with Gasteiger partial charge in [-0.05, 0) is 51.5 Å². The number of nitrogens with two attached hydrogens (primary N) is 1. The van der Waals surface area contributed by atoms with Gasteiger partial charge in [0.25, 0.3) is 5.65 Å². The van der Waals surface area contributed by atoms with Crippen LogP contribution in [0.25, 0.3) is 11.2 Å². The average molecular weight is 507 g/mol. The Labute approximate surface area is 187 Å². The molecule has 1 aliphatic rings. The van der Waals surface area contributed by atoms with Crippen molar-refractivity contribution in [2.75, 3.05) is 12.5 Å². The summed E-state index contributed by atoms with van der Waals surface area (Å²) in [7, 11) is 0. The van der Waals surface area contributed by atoms with Crippen LogP contribution in [0.15, 0.2) is 51.2 Å². The van der Waals surface area contributed by atoms with Crippen molar-refractivity contribution in [2.24, 2.45) is 0 Å². The number of nitrogens with one attached hydrogen (secondary N) is 1. The third-order valence-corrected chi connectivity index (χ3v) is 6.68. The van der Waals surface area contributed by atoms with Gasteiger partial charge in [0, 0.05) is 15.8 Å². The molecule has 0 aliphatic carbocycles. The Morgan fingerprint density at radius 1 is 1.23 bits per heavy atom. The molecule has 5 rings (SSSR count). The molecule has 0 fully saturated rings. The summed E-state index contributed by atoms with van der Waals surface area (Å²) in [6.07, 6.45) is 1.82. The Morgan fingerprint density at radius 2 is 2.03 bits per heavy atom. The number of nitrogen functional groups attached to an aromatic ring is 1. The number of aromatic amines is 1. The number of anilines is 1. The van der Waals surface area contributed by atoms with Crippen molar-refractivity contribution >= 4 is 44.7 Å². The van der Waals surface area contributed by atoms with Crippen LogP contribution >= 0.6 is 27.7 Å². The smallest absolute Gasteiger partial charge is 0.294 e. The van der Waals surface area contributed by atoms with Gasteiger partial charge >= 0.3 is 0 Å². The Morgan fingerprint density at radius 3 is 2.87 bits per heavy atom. The van der Waals surface area contributed by atoms with Crippen molar-refractivity contribution in [3.63, 3.8) is 0 Å². The average Bonchev–Trinajstić information content (AvgIpc) is 3.38. The molecule has 7 nitrogen and oxygen atoms in total. The molecule has 3 heterocycles. The fourth-order valence-electron chi connectivity index (χ4n) is 3.26. The number of hydrogen-bond acceptors (Lipinski definition) is 6. The van der Waals surface area contributed by atoms with Crippen LogP contribution in [0.5, 0.6) is 11.5 Å². The van der Waals surface area contributed by atoms with Crippen LogP contribution in [-0.2, 0) is 13.0 Å². The van der Waals surface area contributed by atoms with Gasteiger partial charge in [-0.2, -0.15) is 0 Å². The van der Waals surface area contributed by atoms with E-state index in [0.717, 1.165) is 15.4 Å². The minimum atomic E-state index is -0.865. The van der Waals surface area contributed by atoms with Crippen LogP contribution in [-0.4, -0.2) is 21.7 Å². The quantitative estimate of drug-likeness (QED) is 0.397. The molecule has 0 amide bonds. The lowest BCUT2D eigenvalue weighted by Crippen LogP contribution is -2.36. The largest absolute Gasteiger partial charge is 0.454 e. The van der Waals surface area contributed by atoms with Gasteiger partial charge in [-0.1, -0.05) is 22.1 Å². The van der Waals surface area contributed by atoms with Crippen molar-refractivity contribution in [1.29, 1.82) is 0 Å². The summed E-state index contributed by atoms with van der Waals surface area (Å²) >= 11 is 4.92. The predicted molar refractivity (Wildman–Crippen MR) is 113 cm³/mol. The van der Waals surface area contributed by atoms with E-state index in [-0.39, 0.29) is 18.8 Å². The molecular weight excluding hydrogens is 492 g/mol. The first-order valence-corrected chi connectivity index (χ1v) is 10.8. The zero-order valence-electron chi connectivity index (χ0n) is 15.9. The van der Waals surface area contributed by atoms with Crippen molar-refractivity contribution in [1.82, 2.24) is 15.0 Å². The van der Waals surface area contributed by atoms with Gasteiger partial charge in [0.1, 0.15) is 0 Å². The van der Waals surface area contributed by atoms with Crippen molar-refractivity contribution in [3.05, 3.63) is 58.3 Å². The number of aromatic nitrogens is 4. The number of nitrogens with zero attached hydrogens (tertiary/aromatic N) is 3. The minimum Gasteiger partial charge on any atom is -0.454 e. The maximum atomic E-state index is 14.0. The summed E-state index contributed by atoms with van der Waals surface area (Å²) < 4.78 is 40.9. The molecule has 0 unspecified atom stereocenters. The molecule has 2 aromatic carbocycles. The highest BCUT2D eigenvalue weighted by Crippen LogP contribution is 2.42. The van der Waals surface area contributed by atoms with Crippen molar-refractivity contribution < 1.29 is 22.8 Å². The Bertz CT molecular complexity index is 1320. The maximum absolute atomic E-state index is 14.0. The molecular formula is C20H15BrF2N5O2S+. The van der Waals surface area contributed by atoms with Crippen molar-refractivity contribution in [3.8, 4) is 11.5 Å². The van der Waals surface area contributed by atoms with E-state index in [1.165, 1.54) is 17.8 Å². The molecule has 31 heavy (non-hydrogen) atoms. The number of rotatable bonds is 5. The number of H-pyrrole nitrogens is 1. The van der Waals surface area contributed by atoms with Gasteiger partial charge in [-0.25, -0.2) is 13.3 Å². The number of fused-ring (bicyclic) bond motifs is 2. The highest BCUT2D eigenvalue weighted by Gasteiger charge is 2.22. The van der Waals surface area contributed by atoms with E-state index in [9.17, 15) is 8.78 Å². The normalized spacial score (nSPS) is 12.6. The summed E-state index contributed by atoms with van der Waals surface area (Å²) in [5.74, 6) is -0.0660. The van der Waals surface area contributed by atoms with Crippen LogP contribution in [0.3, 0.4) is 0 Å². The number of hydrogen-bond donors (Lipinski definition) is 2. The summed E-state index contributed by atoms with van der Waals surface area (Å²) in [6, 6.07) is 7.86. The first-order chi connectivity index (χ1) is 15.0. The fraction of sp³-hybridized carbons (Fsp3) is 0.150.